The van der Waals surface area contributed by atoms with Crippen LogP contribution >= 0.6 is 0 Å². The van der Waals surface area contributed by atoms with Gasteiger partial charge in [0, 0.05) is 25.9 Å². The smallest absolute Gasteiger partial charge is 0.409 e. The lowest BCUT2D eigenvalue weighted by atomic mass is 9.98. The number of hydrogen-bond donors (Lipinski definition) is 1. The fraction of sp³-hybridized carbons (Fsp3) is 0.407. The van der Waals surface area contributed by atoms with Crippen molar-refractivity contribution in [2.24, 2.45) is 0 Å². The number of carboxylic acids is 1. The summed E-state index contributed by atoms with van der Waals surface area (Å²) in [6.07, 6.45) is -1.10. The van der Waals surface area contributed by atoms with Crippen LogP contribution in [0.15, 0.2) is 48.5 Å². The van der Waals surface area contributed by atoms with Crippen LogP contribution in [0.25, 0.3) is 11.1 Å². The number of carbonyl (C=O) groups excluding carboxylic acids is 3. The third-order valence-electron chi connectivity index (χ3n) is 5.88. The maximum Gasteiger partial charge on any atom is 0.409 e. The Balaban J connectivity index is 1.24. The van der Waals surface area contributed by atoms with Gasteiger partial charge in [-0.1, -0.05) is 48.5 Å². The zero-order valence-corrected chi connectivity index (χ0v) is 20.7. The van der Waals surface area contributed by atoms with E-state index >= 15 is 0 Å². The van der Waals surface area contributed by atoms with Gasteiger partial charge in [0.05, 0.1) is 32.8 Å². The highest BCUT2D eigenvalue weighted by molar-refractivity contribution is 6.32. The van der Waals surface area contributed by atoms with Gasteiger partial charge in [0.25, 0.3) is 0 Å². The van der Waals surface area contributed by atoms with Gasteiger partial charge in [-0.2, -0.15) is 0 Å². The lowest BCUT2D eigenvalue weighted by molar-refractivity contribution is -0.151. The number of carboxylic acid groups (broad SMARTS) is 1. The van der Waals surface area contributed by atoms with Gasteiger partial charge >= 0.3 is 18.0 Å². The molecule has 37 heavy (non-hydrogen) atoms. The number of amides is 1. The molecule has 0 aromatic heterocycles. The molecule has 2 aromatic rings. The highest BCUT2D eigenvalue weighted by atomic mass is 16.6. The molecule has 2 aromatic carbocycles. The Morgan fingerprint density at radius 1 is 0.784 bits per heavy atom. The van der Waals surface area contributed by atoms with Crippen LogP contribution in [0.2, 0.25) is 0 Å². The Morgan fingerprint density at radius 2 is 1.35 bits per heavy atom. The van der Waals surface area contributed by atoms with Crippen LogP contribution in [0.3, 0.4) is 0 Å². The van der Waals surface area contributed by atoms with Crippen molar-refractivity contribution in [2.75, 3.05) is 53.2 Å². The summed E-state index contributed by atoms with van der Waals surface area (Å²) in [5, 5.41) is 8.45. The van der Waals surface area contributed by atoms with E-state index in [1.165, 1.54) is 16.0 Å². The maximum absolute atomic E-state index is 12.5. The molecular formula is C27H31NO9. The second kappa shape index (κ2) is 14.1. The minimum Gasteiger partial charge on any atom is -0.476 e. The lowest BCUT2D eigenvalue weighted by Crippen LogP contribution is -2.32. The molecule has 1 amide bonds. The van der Waals surface area contributed by atoms with E-state index in [1.807, 2.05) is 24.3 Å². The van der Waals surface area contributed by atoms with Crippen molar-refractivity contribution in [2.45, 2.75) is 18.8 Å². The summed E-state index contributed by atoms with van der Waals surface area (Å²) in [7, 11) is 1.65. The number of likely N-dealkylation sites (N-methyl/N-ethyl adjacent to an activating group) is 1. The van der Waals surface area contributed by atoms with Gasteiger partial charge in [-0.3, -0.25) is 9.59 Å². The van der Waals surface area contributed by atoms with Crippen molar-refractivity contribution < 1.29 is 43.2 Å². The average Bonchev–Trinajstić information content (AvgIpc) is 3.22. The van der Waals surface area contributed by atoms with Gasteiger partial charge in [-0.05, 0) is 22.3 Å². The monoisotopic (exact) mass is 513 g/mol. The molecule has 0 unspecified atom stereocenters. The fourth-order valence-electron chi connectivity index (χ4n) is 3.93. The van der Waals surface area contributed by atoms with Crippen LogP contribution in [-0.2, 0) is 33.3 Å². The van der Waals surface area contributed by atoms with Crippen LogP contribution in [0.1, 0.15) is 29.9 Å². The van der Waals surface area contributed by atoms with E-state index in [0.717, 1.165) is 11.1 Å². The first-order valence-corrected chi connectivity index (χ1v) is 12.0. The summed E-state index contributed by atoms with van der Waals surface area (Å²) in [6.45, 7) is 1.60. The molecule has 0 radical (unpaired) electrons. The molecule has 0 bridgehead atoms. The molecule has 3 rings (SSSR count). The van der Waals surface area contributed by atoms with E-state index in [1.54, 1.807) is 7.05 Å². The van der Waals surface area contributed by atoms with E-state index in [-0.39, 0.29) is 38.8 Å². The first-order valence-electron chi connectivity index (χ1n) is 12.0. The van der Waals surface area contributed by atoms with Gasteiger partial charge in [-0.15, -0.1) is 0 Å². The average molecular weight is 514 g/mol. The molecule has 198 valence electrons. The second-order valence-electron chi connectivity index (χ2n) is 8.40. The Morgan fingerprint density at radius 3 is 1.97 bits per heavy atom. The number of hydrogen-bond acceptors (Lipinski definition) is 8. The highest BCUT2D eigenvalue weighted by Crippen LogP contribution is 2.44. The number of carbonyl (C=O) groups is 4. The number of benzene rings is 2. The number of ketones is 1. The molecule has 1 aliphatic rings. The van der Waals surface area contributed by atoms with Crippen molar-refractivity contribution in [3.05, 3.63) is 59.7 Å². The topological polar surface area (TPSA) is 129 Å². The van der Waals surface area contributed by atoms with Gasteiger partial charge in [0.2, 0.25) is 5.78 Å². The van der Waals surface area contributed by atoms with Gasteiger partial charge in [0.15, 0.2) is 0 Å². The molecule has 0 saturated carbocycles. The third kappa shape index (κ3) is 8.12. The number of fused-ring (bicyclic) bond motifs is 3. The predicted octanol–water partition coefficient (Wildman–Crippen LogP) is 2.88. The summed E-state index contributed by atoms with van der Waals surface area (Å²) >= 11 is 0. The first kappa shape index (κ1) is 27.8. The molecule has 1 aliphatic carbocycles. The predicted molar refractivity (Wildman–Crippen MR) is 132 cm³/mol. The Hall–Kier alpha value is -3.76. The largest absolute Gasteiger partial charge is 0.476 e. The SMILES string of the molecule is CN(CCOCCOCCOC(=O)CCC(=O)C(=O)O)C(=O)OCC1c2ccccc2-c2ccccc21. The van der Waals surface area contributed by atoms with E-state index in [0.29, 0.717) is 19.8 Å². The van der Waals surface area contributed by atoms with E-state index < -0.39 is 30.2 Å². The summed E-state index contributed by atoms with van der Waals surface area (Å²) in [5.41, 5.74) is 4.66. The van der Waals surface area contributed by atoms with Crippen LogP contribution < -0.4 is 0 Å². The fourth-order valence-corrected chi connectivity index (χ4v) is 3.93. The molecule has 0 heterocycles. The highest BCUT2D eigenvalue weighted by Gasteiger charge is 2.29. The van der Waals surface area contributed by atoms with Crippen LogP contribution in [0, 0.1) is 0 Å². The third-order valence-corrected chi connectivity index (χ3v) is 5.88. The summed E-state index contributed by atoms with van der Waals surface area (Å²) in [6, 6.07) is 16.3. The van der Waals surface area contributed by atoms with Crippen molar-refractivity contribution in [1.29, 1.82) is 0 Å². The van der Waals surface area contributed by atoms with Crippen molar-refractivity contribution >= 4 is 23.8 Å². The molecular weight excluding hydrogens is 482 g/mol. The molecule has 0 fully saturated rings. The first-order chi connectivity index (χ1) is 17.9. The van der Waals surface area contributed by atoms with Crippen molar-refractivity contribution in [3.63, 3.8) is 0 Å². The zero-order chi connectivity index (χ0) is 26.6. The Kier molecular flexibility index (Phi) is 10.6. The Bertz CT molecular complexity index is 1060. The van der Waals surface area contributed by atoms with Gasteiger partial charge in [0.1, 0.15) is 13.2 Å². The number of ether oxygens (including phenoxy) is 4. The van der Waals surface area contributed by atoms with E-state index in [2.05, 4.69) is 24.3 Å². The number of nitrogens with zero attached hydrogens (tertiary/aromatic N) is 1. The number of aliphatic carboxylic acids is 1. The molecule has 0 spiro atoms. The molecule has 0 aliphatic heterocycles. The molecule has 1 N–H and O–H groups in total. The molecule has 10 nitrogen and oxygen atoms in total. The summed E-state index contributed by atoms with van der Waals surface area (Å²) < 4.78 is 21.2. The zero-order valence-electron chi connectivity index (χ0n) is 20.7. The molecule has 0 saturated heterocycles. The second-order valence-corrected chi connectivity index (χ2v) is 8.40. The van der Waals surface area contributed by atoms with Crippen molar-refractivity contribution in [3.8, 4) is 11.1 Å². The minimum absolute atomic E-state index is 0.00431. The summed E-state index contributed by atoms with van der Waals surface area (Å²) in [4.78, 5) is 46.6. The standard InChI is InChI=1S/C27H31NO9/c1-28(12-13-34-14-15-35-16-17-36-25(30)11-10-24(29)26(31)32)27(33)37-18-23-21-8-4-2-6-19(21)20-7-3-5-9-22(20)23/h2-9,23H,10-18H2,1H3,(H,31,32). The quantitative estimate of drug-likeness (QED) is 0.217. The van der Waals surface area contributed by atoms with Gasteiger partial charge < -0.3 is 29.0 Å². The van der Waals surface area contributed by atoms with Crippen LogP contribution in [0.4, 0.5) is 4.79 Å². The van der Waals surface area contributed by atoms with Crippen molar-refractivity contribution in [1.82, 2.24) is 4.90 Å². The maximum atomic E-state index is 12.5. The van der Waals surface area contributed by atoms with E-state index in [9.17, 15) is 19.2 Å². The number of esters is 1. The Labute approximate surface area is 215 Å². The molecule has 10 heteroatoms. The number of rotatable bonds is 15. The van der Waals surface area contributed by atoms with Gasteiger partial charge in [-0.25, -0.2) is 9.59 Å². The lowest BCUT2D eigenvalue weighted by Gasteiger charge is -2.19. The van der Waals surface area contributed by atoms with Crippen LogP contribution in [0.5, 0.6) is 0 Å². The summed E-state index contributed by atoms with van der Waals surface area (Å²) in [5.74, 6) is -3.26. The molecule has 0 atom stereocenters. The van der Waals surface area contributed by atoms with Crippen LogP contribution in [-0.4, -0.2) is 87.1 Å². The normalized spacial score (nSPS) is 11.9. The van der Waals surface area contributed by atoms with E-state index in [4.69, 9.17) is 24.1 Å². The minimum atomic E-state index is -1.57. The number of Topliss-reactive ketones (excluding diaryl/α,β-unsaturated/α-hetero) is 1.